The van der Waals surface area contributed by atoms with Crippen molar-refractivity contribution in [2.45, 2.75) is 19.4 Å². The van der Waals surface area contributed by atoms with Crippen LogP contribution in [0.25, 0.3) is 0 Å². The van der Waals surface area contributed by atoms with Gasteiger partial charge in [0, 0.05) is 5.75 Å². The zero-order valence-electron chi connectivity index (χ0n) is 11.2. The molecule has 1 amide bonds. The van der Waals surface area contributed by atoms with Gasteiger partial charge in [0.05, 0.1) is 12.5 Å². The number of benzene rings is 1. The summed E-state index contributed by atoms with van der Waals surface area (Å²) >= 11 is 4.16. The molecule has 3 N–H and O–H groups in total. The number of aliphatic hydroxyl groups excluding tert-OH is 1. The third-order valence-corrected chi connectivity index (χ3v) is 3.51. The molecule has 0 saturated heterocycles. The lowest BCUT2D eigenvalue weighted by Crippen LogP contribution is -2.40. The van der Waals surface area contributed by atoms with Crippen LogP contribution in [0.5, 0.6) is 0 Å². The molecule has 2 atom stereocenters. The summed E-state index contributed by atoms with van der Waals surface area (Å²) in [7, 11) is 0. The molecule has 1 aromatic rings. The fourth-order valence-corrected chi connectivity index (χ4v) is 2.07. The number of carbonyl (C=O) groups is 2. The minimum absolute atomic E-state index is 0.299. The summed E-state index contributed by atoms with van der Waals surface area (Å²) in [6.45, 7) is 1.67. The van der Waals surface area contributed by atoms with Crippen molar-refractivity contribution in [3.63, 3.8) is 0 Å². The Morgan fingerprint density at radius 3 is 2.55 bits per heavy atom. The zero-order chi connectivity index (χ0) is 15.1. The van der Waals surface area contributed by atoms with Gasteiger partial charge >= 0.3 is 5.97 Å². The first-order chi connectivity index (χ1) is 9.45. The van der Waals surface area contributed by atoms with E-state index in [2.05, 4.69) is 17.9 Å². The van der Waals surface area contributed by atoms with Crippen LogP contribution in [0.4, 0.5) is 0 Å². The number of carboxylic acids is 1. The third kappa shape index (κ3) is 4.86. The SMILES string of the molecule is Cc1ccccc1CC(CS)C(=O)NCC(O)C(=O)O. The van der Waals surface area contributed by atoms with Crippen molar-refractivity contribution in [3.05, 3.63) is 35.4 Å². The number of amides is 1. The van der Waals surface area contributed by atoms with Crippen LogP contribution in [0.1, 0.15) is 11.1 Å². The van der Waals surface area contributed by atoms with Gasteiger partial charge in [-0.3, -0.25) is 4.79 Å². The second-order valence-corrected chi connectivity index (χ2v) is 4.97. The molecule has 0 fully saturated rings. The van der Waals surface area contributed by atoms with Gasteiger partial charge in [-0.2, -0.15) is 12.6 Å². The van der Waals surface area contributed by atoms with Crippen LogP contribution >= 0.6 is 12.6 Å². The molecule has 0 aliphatic carbocycles. The Hall–Kier alpha value is -1.53. The lowest BCUT2D eigenvalue weighted by atomic mass is 9.96. The molecule has 0 aromatic heterocycles. The molecule has 5 nitrogen and oxygen atoms in total. The molecule has 0 spiro atoms. The van der Waals surface area contributed by atoms with Gasteiger partial charge in [-0.1, -0.05) is 24.3 Å². The largest absolute Gasteiger partial charge is 0.479 e. The Balaban J connectivity index is 2.60. The molecular weight excluding hydrogens is 278 g/mol. The maximum atomic E-state index is 12.0. The maximum Gasteiger partial charge on any atom is 0.334 e. The highest BCUT2D eigenvalue weighted by Gasteiger charge is 2.20. The number of rotatable bonds is 7. The Kier molecular flexibility index (Phi) is 6.54. The van der Waals surface area contributed by atoms with Crippen LogP contribution < -0.4 is 5.32 Å². The van der Waals surface area contributed by atoms with Crippen molar-refractivity contribution >= 4 is 24.5 Å². The molecule has 20 heavy (non-hydrogen) atoms. The third-order valence-electron chi connectivity index (χ3n) is 3.07. The summed E-state index contributed by atoms with van der Waals surface area (Å²) < 4.78 is 0. The fourth-order valence-electron chi connectivity index (χ4n) is 1.77. The standard InChI is InChI=1S/C14H19NO4S/c1-9-4-2-3-5-10(9)6-11(8-20)13(17)15-7-12(16)14(18)19/h2-5,11-12,16,20H,6-8H2,1H3,(H,15,17)(H,18,19). The molecule has 1 aromatic carbocycles. The van der Waals surface area contributed by atoms with Crippen LogP contribution in [-0.2, 0) is 16.0 Å². The van der Waals surface area contributed by atoms with E-state index in [4.69, 9.17) is 10.2 Å². The molecule has 0 aliphatic rings. The summed E-state index contributed by atoms with van der Waals surface area (Å²) in [5.74, 6) is -1.67. The molecule has 0 radical (unpaired) electrons. The summed E-state index contributed by atoms with van der Waals surface area (Å²) in [6.07, 6.45) is -1.05. The number of aryl methyl sites for hydroxylation is 1. The highest BCUT2D eigenvalue weighted by molar-refractivity contribution is 7.80. The summed E-state index contributed by atoms with van der Waals surface area (Å²) in [6, 6.07) is 7.75. The van der Waals surface area contributed by atoms with E-state index in [1.807, 2.05) is 31.2 Å². The lowest BCUT2D eigenvalue weighted by Gasteiger charge is -2.16. The van der Waals surface area contributed by atoms with E-state index in [0.717, 1.165) is 11.1 Å². The number of carbonyl (C=O) groups excluding carboxylic acids is 1. The second-order valence-electron chi connectivity index (χ2n) is 4.61. The van der Waals surface area contributed by atoms with Gasteiger partial charge in [0.1, 0.15) is 0 Å². The van der Waals surface area contributed by atoms with E-state index in [-0.39, 0.29) is 18.4 Å². The van der Waals surface area contributed by atoms with Crippen LogP contribution in [0, 0.1) is 12.8 Å². The van der Waals surface area contributed by atoms with E-state index in [1.165, 1.54) is 0 Å². The quantitative estimate of drug-likeness (QED) is 0.557. The van der Waals surface area contributed by atoms with Crippen LogP contribution in [0.2, 0.25) is 0 Å². The number of carboxylic acid groups (broad SMARTS) is 1. The fraction of sp³-hybridized carbons (Fsp3) is 0.429. The van der Waals surface area contributed by atoms with E-state index in [1.54, 1.807) is 0 Å². The topological polar surface area (TPSA) is 86.6 Å². The minimum atomic E-state index is -1.59. The number of nitrogens with one attached hydrogen (secondary N) is 1. The van der Waals surface area contributed by atoms with Crippen molar-refractivity contribution in [2.24, 2.45) is 5.92 Å². The van der Waals surface area contributed by atoms with Crippen LogP contribution in [-0.4, -0.2) is 40.5 Å². The number of hydrogen-bond acceptors (Lipinski definition) is 4. The Morgan fingerprint density at radius 2 is 2.00 bits per heavy atom. The summed E-state index contributed by atoms with van der Waals surface area (Å²) in [4.78, 5) is 22.4. The molecule has 0 bridgehead atoms. The highest BCUT2D eigenvalue weighted by atomic mass is 32.1. The van der Waals surface area contributed by atoms with Gasteiger partial charge in [-0.15, -0.1) is 0 Å². The number of thiol groups is 1. The smallest absolute Gasteiger partial charge is 0.334 e. The second kappa shape index (κ2) is 7.91. The average molecular weight is 297 g/mol. The molecule has 6 heteroatoms. The van der Waals surface area contributed by atoms with Crippen molar-refractivity contribution in [1.29, 1.82) is 0 Å². The Labute approximate surface area is 123 Å². The minimum Gasteiger partial charge on any atom is -0.479 e. The molecule has 0 heterocycles. The number of aliphatic carboxylic acids is 1. The van der Waals surface area contributed by atoms with Gasteiger partial charge in [0.2, 0.25) is 5.91 Å². The van der Waals surface area contributed by atoms with Crippen molar-refractivity contribution in [2.75, 3.05) is 12.3 Å². The normalized spacial score (nSPS) is 13.6. The number of hydrogen-bond donors (Lipinski definition) is 4. The monoisotopic (exact) mass is 297 g/mol. The van der Waals surface area contributed by atoms with E-state index in [0.29, 0.717) is 12.2 Å². The number of aliphatic hydroxyl groups is 1. The maximum absolute atomic E-state index is 12.0. The Morgan fingerprint density at radius 1 is 1.35 bits per heavy atom. The van der Waals surface area contributed by atoms with E-state index < -0.39 is 12.1 Å². The van der Waals surface area contributed by atoms with Crippen molar-refractivity contribution < 1.29 is 19.8 Å². The summed E-state index contributed by atoms with van der Waals surface area (Å²) in [5, 5.41) is 20.1. The molecule has 2 unspecified atom stereocenters. The predicted molar refractivity (Wildman–Crippen MR) is 78.9 cm³/mol. The van der Waals surface area contributed by atoms with Gasteiger partial charge in [0.15, 0.2) is 6.10 Å². The average Bonchev–Trinajstić information content (AvgIpc) is 2.43. The van der Waals surface area contributed by atoms with Crippen LogP contribution in [0.3, 0.4) is 0 Å². The predicted octanol–water partition coefficient (Wildman–Crippen LogP) is 0.645. The van der Waals surface area contributed by atoms with Gasteiger partial charge in [-0.25, -0.2) is 4.79 Å². The van der Waals surface area contributed by atoms with E-state index >= 15 is 0 Å². The van der Waals surface area contributed by atoms with Crippen molar-refractivity contribution in [1.82, 2.24) is 5.32 Å². The molecular formula is C14H19NO4S. The highest BCUT2D eigenvalue weighted by Crippen LogP contribution is 2.14. The zero-order valence-corrected chi connectivity index (χ0v) is 12.1. The first-order valence-corrected chi connectivity index (χ1v) is 6.93. The molecule has 110 valence electrons. The van der Waals surface area contributed by atoms with Crippen molar-refractivity contribution in [3.8, 4) is 0 Å². The Bertz CT molecular complexity index is 478. The first kappa shape index (κ1) is 16.5. The van der Waals surface area contributed by atoms with Gasteiger partial charge in [0.25, 0.3) is 0 Å². The molecule has 0 saturated carbocycles. The van der Waals surface area contributed by atoms with Gasteiger partial charge < -0.3 is 15.5 Å². The first-order valence-electron chi connectivity index (χ1n) is 6.29. The van der Waals surface area contributed by atoms with Gasteiger partial charge in [-0.05, 0) is 24.5 Å². The molecule has 1 rings (SSSR count). The lowest BCUT2D eigenvalue weighted by molar-refractivity contribution is -0.146. The summed E-state index contributed by atoms with van der Waals surface area (Å²) in [5.41, 5.74) is 2.15. The van der Waals surface area contributed by atoms with E-state index in [9.17, 15) is 9.59 Å². The van der Waals surface area contributed by atoms with Crippen LogP contribution in [0.15, 0.2) is 24.3 Å². The molecule has 0 aliphatic heterocycles.